The monoisotopic (exact) mass is 439 g/mol. The number of carbonyl (C=O) groups excluding carboxylic acids is 2. The molecular weight excluding hydrogens is 402 g/mol. The van der Waals surface area contributed by atoms with E-state index in [2.05, 4.69) is 24.3 Å². The molecule has 0 aromatic heterocycles. The van der Waals surface area contributed by atoms with Crippen LogP contribution in [0.2, 0.25) is 0 Å². The minimum Gasteiger partial charge on any atom is -0.395 e. The third kappa shape index (κ3) is 3.79. The molecule has 4 rings (SSSR count). The van der Waals surface area contributed by atoms with E-state index < -0.39 is 0 Å². The minimum absolute atomic E-state index is 0. The first-order chi connectivity index (χ1) is 13.8. The molecular formula is C23H38ClN3O3. The largest absolute Gasteiger partial charge is 0.395 e. The molecule has 0 aromatic rings. The van der Waals surface area contributed by atoms with Crippen molar-refractivity contribution in [3.63, 3.8) is 0 Å². The van der Waals surface area contributed by atoms with Gasteiger partial charge in [-0.25, -0.2) is 0 Å². The van der Waals surface area contributed by atoms with Crippen LogP contribution in [-0.2, 0) is 14.4 Å². The summed E-state index contributed by atoms with van der Waals surface area (Å²) in [6, 6.07) is 0.150. The van der Waals surface area contributed by atoms with E-state index in [4.69, 9.17) is 10.6 Å². The number of amides is 1. The molecule has 1 unspecified atom stereocenters. The molecule has 0 saturated heterocycles. The maximum Gasteiger partial charge on any atom is 0.217 e. The van der Waals surface area contributed by atoms with Crippen molar-refractivity contribution in [1.29, 1.82) is 0 Å². The highest BCUT2D eigenvalue weighted by Gasteiger charge is 2.62. The molecule has 3 N–H and O–H groups in total. The molecule has 30 heavy (non-hydrogen) atoms. The Balaban J connectivity index is 0.00000256. The van der Waals surface area contributed by atoms with E-state index >= 15 is 0 Å². The Labute approximate surface area is 186 Å². The summed E-state index contributed by atoms with van der Waals surface area (Å²) < 4.78 is 0. The molecule has 0 bridgehead atoms. The number of nitrogens with one attached hydrogen (secondary N) is 1. The highest BCUT2D eigenvalue weighted by atomic mass is 35.5. The van der Waals surface area contributed by atoms with E-state index in [1.165, 1.54) is 0 Å². The molecule has 0 radical (unpaired) electrons. The van der Waals surface area contributed by atoms with E-state index in [1.807, 2.05) is 0 Å². The number of Topliss-reactive ketones (excluding diaryl/α,β-unsaturated/α-hetero) is 1. The number of hydrogen-bond donors (Lipinski definition) is 2. The van der Waals surface area contributed by atoms with Gasteiger partial charge in [-0.3, -0.25) is 9.59 Å². The summed E-state index contributed by atoms with van der Waals surface area (Å²) in [5, 5.41) is 7.66. The topological polar surface area (TPSA) is 93.8 Å². The van der Waals surface area contributed by atoms with Gasteiger partial charge in [-0.2, -0.15) is 0 Å². The van der Waals surface area contributed by atoms with Crippen molar-refractivity contribution < 1.29 is 14.4 Å². The minimum atomic E-state index is -0.136. The molecule has 6 nitrogen and oxygen atoms in total. The number of nitrogens with two attached hydrogens (primary N) is 1. The predicted octanol–water partition coefficient (Wildman–Crippen LogP) is 3.47. The Hall–Kier alpha value is -1.14. The normalized spacial score (nSPS) is 43.8. The van der Waals surface area contributed by atoms with Gasteiger partial charge in [0.1, 0.15) is 12.4 Å². The molecule has 4 saturated carbocycles. The second-order valence-corrected chi connectivity index (χ2v) is 10.4. The van der Waals surface area contributed by atoms with Crippen molar-refractivity contribution in [3.8, 4) is 0 Å². The van der Waals surface area contributed by atoms with Gasteiger partial charge in [0.2, 0.25) is 5.91 Å². The standard InChI is InChI=1S/C23H37N3O3.ClH/c1-14(27)25-20-13-16-17-4-5-21(28)23(17,3)9-7-18(16)22(2)8-6-15(12-19(20)22)26-29-11-10-24;/h16-20H,4-13,24H2,1-3H3,(H,25,27);1H/b26-15-;/t16-,17-,18-,19?,20-,22+,23-;/m0./s1. The zero-order valence-corrected chi connectivity index (χ0v) is 19.4. The Morgan fingerprint density at radius 2 is 1.97 bits per heavy atom. The number of oxime groups is 1. The average Bonchev–Trinajstić information content (AvgIpc) is 2.97. The zero-order valence-electron chi connectivity index (χ0n) is 18.6. The van der Waals surface area contributed by atoms with Gasteiger partial charge in [0, 0.05) is 31.3 Å². The molecule has 0 aromatic carbocycles. The lowest BCUT2D eigenvalue weighted by Gasteiger charge is -2.61. The summed E-state index contributed by atoms with van der Waals surface area (Å²) in [5.41, 5.74) is 6.66. The van der Waals surface area contributed by atoms with Crippen LogP contribution in [0.15, 0.2) is 5.16 Å². The van der Waals surface area contributed by atoms with Gasteiger partial charge in [-0.1, -0.05) is 19.0 Å². The fourth-order valence-electron chi connectivity index (χ4n) is 7.61. The lowest BCUT2D eigenvalue weighted by molar-refractivity contribution is -0.141. The molecule has 4 fully saturated rings. The van der Waals surface area contributed by atoms with Crippen LogP contribution in [0.1, 0.15) is 72.1 Å². The first-order valence-corrected chi connectivity index (χ1v) is 11.5. The molecule has 0 aliphatic heterocycles. The Morgan fingerprint density at radius 1 is 1.20 bits per heavy atom. The smallest absolute Gasteiger partial charge is 0.217 e. The molecule has 1 amide bonds. The summed E-state index contributed by atoms with van der Waals surface area (Å²) in [6.45, 7) is 7.19. The van der Waals surface area contributed by atoms with Crippen molar-refractivity contribution in [2.45, 2.75) is 78.2 Å². The first-order valence-electron chi connectivity index (χ1n) is 11.5. The predicted molar refractivity (Wildman–Crippen MR) is 119 cm³/mol. The van der Waals surface area contributed by atoms with Gasteiger partial charge >= 0.3 is 0 Å². The van der Waals surface area contributed by atoms with Crippen molar-refractivity contribution in [2.24, 2.45) is 45.4 Å². The van der Waals surface area contributed by atoms with Crippen LogP contribution in [0.25, 0.3) is 0 Å². The molecule has 7 heteroatoms. The molecule has 4 aliphatic rings. The summed E-state index contributed by atoms with van der Waals surface area (Å²) in [6.07, 6.45) is 7.86. The van der Waals surface area contributed by atoms with Gasteiger partial charge < -0.3 is 15.9 Å². The third-order valence-electron chi connectivity index (χ3n) is 9.05. The van der Waals surface area contributed by atoms with Crippen molar-refractivity contribution in [1.82, 2.24) is 5.32 Å². The number of rotatable bonds is 4. The van der Waals surface area contributed by atoms with Crippen LogP contribution in [-0.4, -0.2) is 36.6 Å². The molecule has 0 spiro atoms. The first kappa shape index (κ1) is 23.5. The van der Waals surface area contributed by atoms with E-state index in [0.717, 1.165) is 57.1 Å². The Morgan fingerprint density at radius 3 is 2.67 bits per heavy atom. The highest BCUT2D eigenvalue weighted by Crippen LogP contribution is 2.65. The van der Waals surface area contributed by atoms with E-state index in [-0.39, 0.29) is 35.2 Å². The lowest BCUT2D eigenvalue weighted by atomic mass is 9.44. The van der Waals surface area contributed by atoms with E-state index in [1.54, 1.807) is 6.92 Å². The molecule has 4 aliphatic carbocycles. The number of ketones is 1. The quantitative estimate of drug-likeness (QED) is 0.518. The van der Waals surface area contributed by atoms with Crippen molar-refractivity contribution in [3.05, 3.63) is 0 Å². The Kier molecular flexibility index (Phi) is 6.88. The molecule has 170 valence electrons. The summed E-state index contributed by atoms with van der Waals surface area (Å²) in [7, 11) is 0. The van der Waals surface area contributed by atoms with Crippen molar-refractivity contribution in [2.75, 3.05) is 13.2 Å². The number of halogens is 1. The number of carbonyl (C=O) groups is 2. The Bertz CT molecular complexity index is 714. The number of fused-ring (bicyclic) bond motifs is 5. The van der Waals surface area contributed by atoms with E-state index in [9.17, 15) is 9.59 Å². The number of hydrogen-bond acceptors (Lipinski definition) is 5. The summed E-state index contributed by atoms with van der Waals surface area (Å²) in [4.78, 5) is 30.1. The van der Waals surface area contributed by atoms with Gasteiger partial charge in [0.25, 0.3) is 0 Å². The number of nitrogens with zero attached hydrogens (tertiary/aromatic N) is 1. The fourth-order valence-corrected chi connectivity index (χ4v) is 7.61. The van der Waals surface area contributed by atoms with Crippen LogP contribution >= 0.6 is 12.4 Å². The third-order valence-corrected chi connectivity index (χ3v) is 9.05. The van der Waals surface area contributed by atoms with Crippen LogP contribution in [0, 0.1) is 34.5 Å². The second-order valence-electron chi connectivity index (χ2n) is 10.4. The van der Waals surface area contributed by atoms with Crippen LogP contribution in [0.4, 0.5) is 0 Å². The molecule has 7 atom stereocenters. The van der Waals surface area contributed by atoms with Gasteiger partial charge in [-0.15, -0.1) is 12.4 Å². The SMILES string of the molecule is CC(=O)N[C@H]1C[C@@H]2[C@H](CC[C@]3(C)C(=O)CC[C@@H]23)[C@@]2(C)CC/C(=N/OCCN)CC12.Cl. The summed E-state index contributed by atoms with van der Waals surface area (Å²) in [5.74, 6) is 2.53. The molecule has 0 heterocycles. The fraction of sp³-hybridized carbons (Fsp3) is 0.870. The zero-order chi connectivity index (χ0) is 20.8. The van der Waals surface area contributed by atoms with Crippen LogP contribution in [0.5, 0.6) is 0 Å². The maximum absolute atomic E-state index is 12.7. The van der Waals surface area contributed by atoms with Crippen LogP contribution in [0.3, 0.4) is 0 Å². The van der Waals surface area contributed by atoms with Crippen LogP contribution < -0.4 is 11.1 Å². The van der Waals surface area contributed by atoms with Gasteiger partial charge in [0.05, 0.1) is 5.71 Å². The second kappa shape index (κ2) is 8.78. The maximum atomic E-state index is 12.7. The van der Waals surface area contributed by atoms with Gasteiger partial charge in [0.15, 0.2) is 0 Å². The average molecular weight is 440 g/mol. The summed E-state index contributed by atoms with van der Waals surface area (Å²) >= 11 is 0. The van der Waals surface area contributed by atoms with Crippen molar-refractivity contribution >= 4 is 29.8 Å². The lowest BCUT2D eigenvalue weighted by Crippen LogP contribution is -2.61. The van der Waals surface area contributed by atoms with E-state index in [0.29, 0.717) is 42.6 Å². The van der Waals surface area contributed by atoms with Gasteiger partial charge in [-0.05, 0) is 74.0 Å². The highest BCUT2D eigenvalue weighted by molar-refractivity contribution is 5.87.